The van der Waals surface area contributed by atoms with E-state index < -0.39 is 0 Å². The van der Waals surface area contributed by atoms with Gasteiger partial charge in [-0.05, 0) is 44.7 Å². The molecule has 0 spiro atoms. The molecule has 0 aromatic heterocycles. The average molecular weight is 264 g/mol. The lowest BCUT2D eigenvalue weighted by molar-refractivity contribution is 0.587. The Balaban J connectivity index is 2.23. The van der Waals surface area contributed by atoms with Gasteiger partial charge in [0.25, 0.3) is 0 Å². The number of hydrogen-bond acceptors (Lipinski definition) is 2. The first kappa shape index (κ1) is 14.3. The highest BCUT2D eigenvalue weighted by atomic mass is 19.1. The third-order valence-corrected chi connectivity index (χ3v) is 3.60. The summed E-state index contributed by atoms with van der Waals surface area (Å²) in [6, 6.07) is 6.39. The summed E-state index contributed by atoms with van der Waals surface area (Å²) in [5.41, 5.74) is 1.86. The molecule has 0 saturated heterocycles. The fourth-order valence-corrected chi connectivity index (χ4v) is 2.44. The molecule has 1 N–H and O–H groups in total. The van der Waals surface area contributed by atoms with E-state index in [-0.39, 0.29) is 5.82 Å². The van der Waals surface area contributed by atoms with Crippen molar-refractivity contribution in [1.82, 2.24) is 5.32 Å². The highest BCUT2D eigenvalue weighted by Crippen LogP contribution is 2.28. The third-order valence-electron chi connectivity index (χ3n) is 3.60. The summed E-state index contributed by atoms with van der Waals surface area (Å²) < 4.78 is 14.3. The molecule has 1 aromatic carbocycles. The molecule has 2 rings (SSSR count). The SMILES string of the molecule is CCCN(c1c(F)cccc1CNC1CC1)C(C)C. The number of anilines is 1. The summed E-state index contributed by atoms with van der Waals surface area (Å²) in [5, 5.41) is 3.48. The molecule has 1 aliphatic rings. The topological polar surface area (TPSA) is 15.3 Å². The van der Waals surface area contributed by atoms with Crippen molar-refractivity contribution < 1.29 is 4.39 Å². The second kappa shape index (κ2) is 6.38. The summed E-state index contributed by atoms with van der Waals surface area (Å²) in [6.07, 6.45) is 3.54. The number of para-hydroxylation sites is 1. The summed E-state index contributed by atoms with van der Waals surface area (Å²) in [5.74, 6) is -0.0998. The lowest BCUT2D eigenvalue weighted by Gasteiger charge is -2.31. The van der Waals surface area contributed by atoms with Gasteiger partial charge in [0.15, 0.2) is 0 Å². The van der Waals surface area contributed by atoms with E-state index in [9.17, 15) is 4.39 Å². The maximum Gasteiger partial charge on any atom is 0.146 e. The Kier molecular flexibility index (Phi) is 4.81. The fraction of sp³-hybridized carbons (Fsp3) is 0.625. The standard InChI is InChI=1S/C16H25FN2/c1-4-10-19(12(2)3)16-13(6-5-7-15(16)17)11-18-14-8-9-14/h5-7,12,14,18H,4,8-11H2,1-3H3. The highest BCUT2D eigenvalue weighted by Gasteiger charge is 2.22. The van der Waals surface area contributed by atoms with Crippen LogP contribution in [-0.4, -0.2) is 18.6 Å². The van der Waals surface area contributed by atoms with Gasteiger partial charge in [0, 0.05) is 25.2 Å². The van der Waals surface area contributed by atoms with Crippen LogP contribution in [0.2, 0.25) is 0 Å². The molecule has 3 heteroatoms. The Hall–Kier alpha value is -1.09. The maximum atomic E-state index is 14.3. The van der Waals surface area contributed by atoms with E-state index in [1.807, 2.05) is 12.1 Å². The monoisotopic (exact) mass is 264 g/mol. The largest absolute Gasteiger partial charge is 0.366 e. The number of benzene rings is 1. The molecule has 2 nitrogen and oxygen atoms in total. The van der Waals surface area contributed by atoms with E-state index in [2.05, 4.69) is 31.0 Å². The Morgan fingerprint density at radius 3 is 2.68 bits per heavy atom. The maximum absolute atomic E-state index is 14.3. The lowest BCUT2D eigenvalue weighted by atomic mass is 10.1. The first-order chi connectivity index (χ1) is 9.13. The third kappa shape index (κ3) is 3.69. The number of nitrogens with zero attached hydrogens (tertiary/aromatic N) is 1. The fourth-order valence-electron chi connectivity index (χ4n) is 2.44. The minimum absolute atomic E-state index is 0.0998. The molecule has 106 valence electrons. The first-order valence-electron chi connectivity index (χ1n) is 7.41. The van der Waals surface area contributed by atoms with Crippen LogP contribution < -0.4 is 10.2 Å². The molecule has 19 heavy (non-hydrogen) atoms. The molecule has 0 amide bonds. The Morgan fingerprint density at radius 2 is 2.11 bits per heavy atom. The zero-order chi connectivity index (χ0) is 13.8. The summed E-state index contributed by atoms with van der Waals surface area (Å²) in [4.78, 5) is 2.18. The van der Waals surface area contributed by atoms with Crippen molar-refractivity contribution >= 4 is 5.69 Å². The van der Waals surface area contributed by atoms with Crippen molar-refractivity contribution in [3.63, 3.8) is 0 Å². The van der Waals surface area contributed by atoms with E-state index in [1.165, 1.54) is 12.8 Å². The highest BCUT2D eigenvalue weighted by molar-refractivity contribution is 5.55. The molecule has 0 aliphatic heterocycles. The molecule has 1 aliphatic carbocycles. The minimum atomic E-state index is -0.0998. The zero-order valence-electron chi connectivity index (χ0n) is 12.2. The normalized spacial score (nSPS) is 15.0. The summed E-state index contributed by atoms with van der Waals surface area (Å²) in [6.45, 7) is 8.05. The Bertz CT molecular complexity index is 413. The molecule has 0 radical (unpaired) electrons. The first-order valence-corrected chi connectivity index (χ1v) is 7.41. The zero-order valence-corrected chi connectivity index (χ0v) is 12.2. The van der Waals surface area contributed by atoms with Gasteiger partial charge in [-0.2, -0.15) is 0 Å². The second-order valence-corrected chi connectivity index (χ2v) is 5.69. The molecular weight excluding hydrogens is 239 g/mol. The van der Waals surface area contributed by atoms with Gasteiger partial charge in [-0.25, -0.2) is 4.39 Å². The number of rotatable bonds is 7. The van der Waals surface area contributed by atoms with Gasteiger partial charge in [0.2, 0.25) is 0 Å². The molecule has 1 aromatic rings. The van der Waals surface area contributed by atoms with Crippen LogP contribution in [-0.2, 0) is 6.54 Å². The molecule has 0 unspecified atom stereocenters. The lowest BCUT2D eigenvalue weighted by Crippen LogP contribution is -2.33. The smallest absolute Gasteiger partial charge is 0.146 e. The predicted octanol–water partition coefficient (Wildman–Crippen LogP) is 3.70. The Labute approximate surface area is 116 Å². The van der Waals surface area contributed by atoms with E-state index >= 15 is 0 Å². The second-order valence-electron chi connectivity index (χ2n) is 5.69. The van der Waals surface area contributed by atoms with Gasteiger partial charge < -0.3 is 10.2 Å². The van der Waals surface area contributed by atoms with Crippen LogP contribution in [0, 0.1) is 5.82 Å². The van der Waals surface area contributed by atoms with E-state index in [4.69, 9.17) is 0 Å². The molecule has 0 heterocycles. The van der Waals surface area contributed by atoms with E-state index in [0.29, 0.717) is 12.1 Å². The molecular formula is C16H25FN2. The van der Waals surface area contributed by atoms with Gasteiger partial charge in [-0.15, -0.1) is 0 Å². The molecule has 0 bridgehead atoms. The van der Waals surface area contributed by atoms with Crippen LogP contribution >= 0.6 is 0 Å². The molecule has 1 fully saturated rings. The molecule has 1 saturated carbocycles. The molecule has 0 atom stereocenters. The summed E-state index contributed by atoms with van der Waals surface area (Å²) in [7, 11) is 0. The quantitative estimate of drug-likeness (QED) is 0.807. The van der Waals surface area contributed by atoms with Crippen molar-refractivity contribution in [3.8, 4) is 0 Å². The van der Waals surface area contributed by atoms with Crippen molar-refractivity contribution in [2.75, 3.05) is 11.4 Å². The van der Waals surface area contributed by atoms with Gasteiger partial charge in [0.1, 0.15) is 5.82 Å². The van der Waals surface area contributed by atoms with Crippen molar-refractivity contribution in [1.29, 1.82) is 0 Å². The van der Waals surface area contributed by atoms with Crippen molar-refractivity contribution in [2.45, 2.75) is 58.7 Å². The minimum Gasteiger partial charge on any atom is -0.366 e. The number of halogens is 1. The van der Waals surface area contributed by atoms with Crippen LogP contribution in [0.15, 0.2) is 18.2 Å². The van der Waals surface area contributed by atoms with Crippen molar-refractivity contribution in [3.05, 3.63) is 29.6 Å². The van der Waals surface area contributed by atoms with Crippen LogP contribution in [0.25, 0.3) is 0 Å². The summed E-state index contributed by atoms with van der Waals surface area (Å²) >= 11 is 0. The Morgan fingerprint density at radius 1 is 1.37 bits per heavy atom. The van der Waals surface area contributed by atoms with Gasteiger partial charge in [0.05, 0.1) is 5.69 Å². The van der Waals surface area contributed by atoms with Gasteiger partial charge >= 0.3 is 0 Å². The number of nitrogens with one attached hydrogen (secondary N) is 1. The number of hydrogen-bond donors (Lipinski definition) is 1. The van der Waals surface area contributed by atoms with Gasteiger partial charge in [-0.1, -0.05) is 19.1 Å². The van der Waals surface area contributed by atoms with Crippen LogP contribution in [0.5, 0.6) is 0 Å². The van der Waals surface area contributed by atoms with E-state index in [1.54, 1.807) is 6.07 Å². The van der Waals surface area contributed by atoms with Crippen molar-refractivity contribution in [2.24, 2.45) is 0 Å². The predicted molar refractivity (Wildman–Crippen MR) is 79.0 cm³/mol. The van der Waals surface area contributed by atoms with Crippen LogP contribution in [0.4, 0.5) is 10.1 Å². The average Bonchev–Trinajstić information content (AvgIpc) is 3.18. The van der Waals surface area contributed by atoms with E-state index in [0.717, 1.165) is 30.8 Å². The van der Waals surface area contributed by atoms with Crippen LogP contribution in [0.3, 0.4) is 0 Å². The van der Waals surface area contributed by atoms with Gasteiger partial charge in [-0.3, -0.25) is 0 Å². The van der Waals surface area contributed by atoms with Crippen LogP contribution in [0.1, 0.15) is 45.6 Å².